The second-order valence-electron chi connectivity index (χ2n) is 4.10. The average molecular weight is 363 g/mol. The van der Waals surface area contributed by atoms with E-state index in [4.69, 9.17) is 4.74 Å². The minimum atomic E-state index is -0.447. The summed E-state index contributed by atoms with van der Waals surface area (Å²) in [4.78, 5) is 4.58. The zero-order valence-electron chi connectivity index (χ0n) is 10.5. The summed E-state index contributed by atoms with van der Waals surface area (Å²) in [7, 11) is 1.67. The predicted octanol–water partition coefficient (Wildman–Crippen LogP) is 2.75. The summed E-state index contributed by atoms with van der Waals surface area (Å²) < 4.78 is 8.09. The van der Waals surface area contributed by atoms with Crippen LogP contribution in [-0.2, 0) is 4.74 Å². The van der Waals surface area contributed by atoms with Crippen LogP contribution in [-0.4, -0.2) is 33.9 Å². The topological polar surface area (TPSA) is 21.6 Å². The van der Waals surface area contributed by atoms with Crippen LogP contribution in [0.15, 0.2) is 65.7 Å². The molecule has 1 heterocycles. The number of rotatable bonds is 1. The molecule has 0 atom stereocenters. The Kier molecular flexibility index (Phi) is 3.68. The van der Waals surface area contributed by atoms with Crippen LogP contribution in [0.3, 0.4) is 0 Å². The van der Waals surface area contributed by atoms with Gasteiger partial charge in [-0.3, -0.25) is 0 Å². The first-order valence-corrected chi connectivity index (χ1v) is 8.36. The van der Waals surface area contributed by atoms with E-state index in [1.807, 2.05) is 12.1 Å². The van der Waals surface area contributed by atoms with Crippen LogP contribution >= 0.6 is 0 Å². The van der Waals surface area contributed by atoms with Gasteiger partial charge in [-0.25, -0.2) is 0 Å². The Morgan fingerprint density at radius 2 is 1.68 bits per heavy atom. The van der Waals surface area contributed by atoms with Gasteiger partial charge in [0.25, 0.3) is 0 Å². The van der Waals surface area contributed by atoms with Crippen LogP contribution < -0.4 is 3.61 Å². The number of hydrogen-bond acceptors (Lipinski definition) is 2. The van der Waals surface area contributed by atoms with Gasteiger partial charge in [0.15, 0.2) is 0 Å². The molecule has 1 aliphatic heterocycles. The fourth-order valence-corrected chi connectivity index (χ4v) is 4.79. The second kappa shape index (κ2) is 5.61. The molecule has 0 amide bonds. The molecule has 1 aliphatic rings. The first-order chi connectivity index (χ1) is 9.36. The Morgan fingerprint density at radius 3 is 2.47 bits per heavy atom. The normalized spacial score (nSPS) is 13.9. The first kappa shape index (κ1) is 12.5. The Labute approximate surface area is 122 Å². The zero-order valence-corrected chi connectivity index (χ0v) is 12.9. The van der Waals surface area contributed by atoms with Crippen LogP contribution in [0.25, 0.3) is 3.62 Å². The van der Waals surface area contributed by atoms with Gasteiger partial charge in [-0.1, -0.05) is 0 Å². The average Bonchev–Trinajstić information content (AvgIpc) is 2.67. The quantitative estimate of drug-likeness (QED) is 0.715. The van der Waals surface area contributed by atoms with Crippen molar-refractivity contribution < 1.29 is 4.74 Å². The molecule has 0 spiro atoms. The third kappa shape index (κ3) is 2.73. The maximum atomic E-state index is 5.37. The summed E-state index contributed by atoms with van der Waals surface area (Å²) in [5, 5.41) is 0. The second-order valence-corrected chi connectivity index (χ2v) is 7.19. The van der Waals surface area contributed by atoms with E-state index >= 15 is 0 Å². The van der Waals surface area contributed by atoms with Crippen LogP contribution in [0.1, 0.15) is 5.56 Å². The van der Waals surface area contributed by atoms with Crippen molar-refractivity contribution in [2.45, 2.75) is 0 Å². The van der Waals surface area contributed by atoms with E-state index in [0.717, 1.165) is 5.69 Å². The summed E-state index contributed by atoms with van der Waals surface area (Å²) in [5.41, 5.74) is 2.32. The van der Waals surface area contributed by atoms with E-state index in [2.05, 4.69) is 53.5 Å². The summed E-state index contributed by atoms with van der Waals surface area (Å²) in [6.45, 7) is 0. The van der Waals surface area contributed by atoms with Crippen LogP contribution in [0.2, 0.25) is 0 Å². The van der Waals surface area contributed by atoms with Crippen molar-refractivity contribution in [3.8, 4) is 0 Å². The number of nitrogens with zero attached hydrogens (tertiary/aromatic N) is 1. The number of aliphatic imine (C=N–C) groups is 1. The molecule has 19 heavy (non-hydrogen) atoms. The molecule has 94 valence electrons. The molecule has 0 unspecified atom stereocenters. The Hall–Kier alpha value is -1.56. The van der Waals surface area contributed by atoms with E-state index < -0.39 is 20.9 Å². The summed E-state index contributed by atoms with van der Waals surface area (Å²) in [5.74, 6) is 0.689. The van der Waals surface area contributed by atoms with Gasteiger partial charge in [0.05, 0.1) is 0 Å². The van der Waals surface area contributed by atoms with Gasteiger partial charge >= 0.3 is 123 Å². The molecule has 3 heteroatoms. The van der Waals surface area contributed by atoms with Gasteiger partial charge in [0.2, 0.25) is 0 Å². The van der Waals surface area contributed by atoms with E-state index in [1.54, 1.807) is 7.11 Å². The van der Waals surface area contributed by atoms with Crippen molar-refractivity contribution in [1.29, 1.82) is 0 Å². The van der Waals surface area contributed by atoms with Crippen molar-refractivity contribution >= 4 is 39.7 Å². The number of fused-ring (bicyclic) bond motifs is 1. The van der Waals surface area contributed by atoms with Gasteiger partial charge in [-0.15, -0.1) is 0 Å². The zero-order chi connectivity index (χ0) is 13.1. The molecule has 0 aliphatic carbocycles. The molecule has 2 nitrogen and oxygen atoms in total. The molecule has 0 aromatic heterocycles. The fraction of sp³-hybridized carbons (Fsp3) is 0.0625. The van der Waals surface area contributed by atoms with Gasteiger partial charge in [-0.05, 0) is 0 Å². The number of benzene rings is 2. The van der Waals surface area contributed by atoms with Crippen molar-refractivity contribution in [1.82, 2.24) is 0 Å². The van der Waals surface area contributed by atoms with Gasteiger partial charge in [0.1, 0.15) is 0 Å². The predicted molar refractivity (Wildman–Crippen MR) is 80.4 cm³/mol. The molecule has 0 fully saturated rings. The van der Waals surface area contributed by atoms with Crippen molar-refractivity contribution in [2.24, 2.45) is 4.99 Å². The van der Waals surface area contributed by atoms with Crippen molar-refractivity contribution in [2.75, 3.05) is 7.11 Å². The van der Waals surface area contributed by atoms with Gasteiger partial charge in [0, 0.05) is 0 Å². The van der Waals surface area contributed by atoms with Crippen LogP contribution in [0.5, 0.6) is 0 Å². The minimum absolute atomic E-state index is 0.447. The van der Waals surface area contributed by atoms with Crippen molar-refractivity contribution in [3.63, 3.8) is 0 Å². The summed E-state index contributed by atoms with van der Waals surface area (Å²) in [6, 6.07) is 18.8. The first-order valence-electron chi connectivity index (χ1n) is 6.03. The maximum absolute atomic E-state index is 5.37. The molecule has 0 saturated carbocycles. The molecular formula is C16H13NOTe. The molecule has 3 rings (SSSR count). The third-order valence-electron chi connectivity index (χ3n) is 2.84. The Morgan fingerprint density at radius 1 is 0.947 bits per heavy atom. The van der Waals surface area contributed by atoms with E-state index in [0.29, 0.717) is 5.90 Å². The molecule has 2 aromatic rings. The number of methoxy groups -OCH3 is 1. The Balaban J connectivity index is 2.09. The molecule has 0 saturated heterocycles. The SMILES string of the molecule is COC1=Nc2ccccc2[Te]C(c2ccccc2)=C1. The number of para-hydroxylation sites is 1. The van der Waals surface area contributed by atoms with Gasteiger partial charge < -0.3 is 0 Å². The third-order valence-corrected chi connectivity index (χ3v) is 6.09. The van der Waals surface area contributed by atoms with E-state index in [-0.39, 0.29) is 0 Å². The molecule has 0 N–H and O–H groups in total. The standard InChI is InChI=1S/C16H13NOTe/c1-18-16-11-15(12-7-3-2-4-8-12)19-14-10-6-5-9-13(14)17-16/h2-11H,1H3. The number of hydrogen-bond donors (Lipinski definition) is 0. The van der Waals surface area contributed by atoms with Crippen molar-refractivity contribution in [3.05, 3.63) is 66.2 Å². The summed E-state index contributed by atoms with van der Waals surface area (Å²) in [6.07, 6.45) is 2.08. The monoisotopic (exact) mass is 365 g/mol. The summed E-state index contributed by atoms with van der Waals surface area (Å²) >= 11 is -0.447. The molecule has 0 bridgehead atoms. The van der Waals surface area contributed by atoms with Gasteiger partial charge in [-0.2, -0.15) is 0 Å². The van der Waals surface area contributed by atoms with E-state index in [9.17, 15) is 0 Å². The van der Waals surface area contributed by atoms with Crippen LogP contribution in [0, 0.1) is 0 Å². The number of ether oxygens (including phenoxy) is 1. The molecule has 2 aromatic carbocycles. The fourth-order valence-electron chi connectivity index (χ4n) is 1.90. The molecule has 0 radical (unpaired) electrons. The molecular weight excluding hydrogens is 350 g/mol. The van der Waals surface area contributed by atoms with Crippen LogP contribution in [0.4, 0.5) is 5.69 Å². The Bertz CT molecular complexity index is 647. The van der Waals surface area contributed by atoms with E-state index in [1.165, 1.54) is 12.8 Å².